The minimum atomic E-state index is -3.33. The van der Waals surface area contributed by atoms with E-state index in [9.17, 15) is 8.42 Å². The Morgan fingerprint density at radius 1 is 1.06 bits per heavy atom. The first-order chi connectivity index (χ1) is 8.08. The van der Waals surface area contributed by atoms with Crippen molar-refractivity contribution in [3.63, 3.8) is 0 Å². The van der Waals surface area contributed by atoms with Gasteiger partial charge < -0.3 is 0 Å². The van der Waals surface area contributed by atoms with Crippen molar-refractivity contribution in [1.82, 2.24) is 4.72 Å². The van der Waals surface area contributed by atoms with E-state index in [1.54, 1.807) is 12.1 Å². The van der Waals surface area contributed by atoms with E-state index in [2.05, 4.69) is 27.3 Å². The smallest absolute Gasteiger partial charge is 0.208 e. The topological polar surface area (TPSA) is 46.2 Å². The molecule has 2 rings (SSSR count). The van der Waals surface area contributed by atoms with Crippen molar-refractivity contribution in [2.45, 2.75) is 43.0 Å². The standard InChI is InChI=1S/C12H16INO2S/c13-10-6-8-12(9-7-10)17(15,16)14-11-4-2-1-3-5-11/h6-9,11,14H,1-5H2. The molecule has 1 aliphatic carbocycles. The number of halogens is 1. The van der Waals surface area contributed by atoms with E-state index in [1.807, 2.05) is 12.1 Å². The second-order valence-electron chi connectivity index (χ2n) is 4.41. The first-order valence-electron chi connectivity index (χ1n) is 5.86. The Kier molecular flexibility index (Phi) is 4.43. The Morgan fingerprint density at radius 3 is 2.24 bits per heavy atom. The summed E-state index contributed by atoms with van der Waals surface area (Å²) in [4.78, 5) is 0.364. The Labute approximate surface area is 116 Å². The van der Waals surface area contributed by atoms with Crippen LogP contribution < -0.4 is 4.72 Å². The number of rotatable bonds is 3. The average molecular weight is 365 g/mol. The number of benzene rings is 1. The lowest BCUT2D eigenvalue weighted by Crippen LogP contribution is -2.36. The van der Waals surface area contributed by atoms with Crippen molar-refractivity contribution in [2.75, 3.05) is 0 Å². The third kappa shape index (κ3) is 3.66. The molecule has 3 nitrogen and oxygen atoms in total. The SMILES string of the molecule is O=S(=O)(NC1CCCCC1)c1ccc(I)cc1. The first kappa shape index (κ1) is 13.3. The Hall–Kier alpha value is -0.140. The maximum atomic E-state index is 12.1. The van der Waals surface area contributed by atoms with Gasteiger partial charge in [-0.1, -0.05) is 19.3 Å². The summed E-state index contributed by atoms with van der Waals surface area (Å²) in [6.45, 7) is 0. The highest BCUT2D eigenvalue weighted by atomic mass is 127. The van der Waals surface area contributed by atoms with Crippen molar-refractivity contribution < 1.29 is 8.42 Å². The maximum absolute atomic E-state index is 12.1. The quantitative estimate of drug-likeness (QED) is 0.838. The van der Waals surface area contributed by atoms with Gasteiger partial charge in [0.2, 0.25) is 10.0 Å². The van der Waals surface area contributed by atoms with Crippen LogP contribution >= 0.6 is 22.6 Å². The van der Waals surface area contributed by atoms with E-state index in [0.29, 0.717) is 4.90 Å². The molecule has 0 atom stereocenters. The molecule has 0 heterocycles. The van der Waals surface area contributed by atoms with Crippen molar-refractivity contribution >= 4 is 32.6 Å². The molecule has 1 fully saturated rings. The molecular weight excluding hydrogens is 349 g/mol. The van der Waals surface area contributed by atoms with E-state index in [-0.39, 0.29) is 6.04 Å². The molecule has 1 N–H and O–H groups in total. The predicted octanol–water partition coefficient (Wildman–Crippen LogP) is 2.90. The van der Waals surface area contributed by atoms with Crippen LogP contribution in [0.2, 0.25) is 0 Å². The highest BCUT2D eigenvalue weighted by Gasteiger charge is 2.21. The van der Waals surface area contributed by atoms with Gasteiger partial charge in [0.1, 0.15) is 0 Å². The number of hydrogen-bond donors (Lipinski definition) is 1. The van der Waals surface area contributed by atoms with Crippen LogP contribution in [0, 0.1) is 3.57 Å². The van der Waals surface area contributed by atoms with Gasteiger partial charge in [0, 0.05) is 9.61 Å². The van der Waals surface area contributed by atoms with Crippen LogP contribution in [0.5, 0.6) is 0 Å². The number of hydrogen-bond acceptors (Lipinski definition) is 2. The van der Waals surface area contributed by atoms with Crippen molar-refractivity contribution in [3.05, 3.63) is 27.8 Å². The Morgan fingerprint density at radius 2 is 1.65 bits per heavy atom. The maximum Gasteiger partial charge on any atom is 0.240 e. The third-order valence-electron chi connectivity index (χ3n) is 3.05. The summed E-state index contributed by atoms with van der Waals surface area (Å²) in [6.07, 6.45) is 5.40. The number of sulfonamides is 1. The summed E-state index contributed by atoms with van der Waals surface area (Å²) < 4.78 is 28.0. The van der Waals surface area contributed by atoms with Gasteiger partial charge in [0.25, 0.3) is 0 Å². The molecular formula is C12H16INO2S. The van der Waals surface area contributed by atoms with Gasteiger partial charge in [-0.05, 0) is 59.7 Å². The van der Waals surface area contributed by atoms with Crippen LogP contribution in [0.15, 0.2) is 29.2 Å². The fraction of sp³-hybridized carbons (Fsp3) is 0.500. The van der Waals surface area contributed by atoms with E-state index < -0.39 is 10.0 Å². The van der Waals surface area contributed by atoms with Crippen molar-refractivity contribution in [3.8, 4) is 0 Å². The molecule has 5 heteroatoms. The zero-order valence-electron chi connectivity index (χ0n) is 9.52. The van der Waals surface area contributed by atoms with Gasteiger partial charge in [-0.2, -0.15) is 0 Å². The summed E-state index contributed by atoms with van der Waals surface area (Å²) in [7, 11) is -3.33. The van der Waals surface area contributed by atoms with Gasteiger partial charge >= 0.3 is 0 Å². The molecule has 1 aromatic carbocycles. The second-order valence-corrected chi connectivity index (χ2v) is 7.37. The summed E-state index contributed by atoms with van der Waals surface area (Å²) in [5.74, 6) is 0. The van der Waals surface area contributed by atoms with E-state index >= 15 is 0 Å². The molecule has 0 aliphatic heterocycles. The fourth-order valence-corrected chi connectivity index (χ4v) is 3.79. The molecule has 1 saturated carbocycles. The molecule has 0 saturated heterocycles. The van der Waals surface area contributed by atoms with Crippen LogP contribution in [0.3, 0.4) is 0 Å². The minimum absolute atomic E-state index is 0.119. The Bertz CT molecular complexity index is 464. The first-order valence-corrected chi connectivity index (χ1v) is 8.42. The summed E-state index contributed by atoms with van der Waals surface area (Å²) in [5.41, 5.74) is 0. The van der Waals surface area contributed by atoms with Crippen LogP contribution in [-0.2, 0) is 10.0 Å². The summed E-state index contributed by atoms with van der Waals surface area (Å²) in [5, 5.41) is 0. The highest BCUT2D eigenvalue weighted by molar-refractivity contribution is 14.1. The largest absolute Gasteiger partial charge is 0.240 e. The van der Waals surface area contributed by atoms with Gasteiger partial charge in [-0.3, -0.25) is 0 Å². The molecule has 0 bridgehead atoms. The molecule has 17 heavy (non-hydrogen) atoms. The highest BCUT2D eigenvalue weighted by Crippen LogP contribution is 2.20. The molecule has 0 amide bonds. The lowest BCUT2D eigenvalue weighted by molar-refractivity contribution is 0.412. The zero-order chi connectivity index (χ0) is 12.3. The molecule has 1 aliphatic rings. The lowest BCUT2D eigenvalue weighted by atomic mass is 9.96. The zero-order valence-corrected chi connectivity index (χ0v) is 12.5. The lowest BCUT2D eigenvalue weighted by Gasteiger charge is -2.22. The van der Waals surface area contributed by atoms with Crippen LogP contribution in [-0.4, -0.2) is 14.5 Å². The summed E-state index contributed by atoms with van der Waals surface area (Å²) >= 11 is 2.16. The minimum Gasteiger partial charge on any atom is -0.208 e. The van der Waals surface area contributed by atoms with E-state index in [0.717, 1.165) is 29.3 Å². The molecule has 0 spiro atoms. The van der Waals surface area contributed by atoms with Gasteiger partial charge in [-0.15, -0.1) is 0 Å². The normalized spacial score (nSPS) is 18.2. The monoisotopic (exact) mass is 365 g/mol. The van der Waals surface area contributed by atoms with E-state index in [1.165, 1.54) is 6.42 Å². The molecule has 94 valence electrons. The molecule has 0 aromatic heterocycles. The van der Waals surface area contributed by atoms with Gasteiger partial charge in [0.15, 0.2) is 0 Å². The third-order valence-corrected chi connectivity index (χ3v) is 5.31. The van der Waals surface area contributed by atoms with Gasteiger partial charge in [-0.25, -0.2) is 13.1 Å². The second kappa shape index (κ2) is 5.67. The molecule has 0 radical (unpaired) electrons. The van der Waals surface area contributed by atoms with Crippen LogP contribution in [0.1, 0.15) is 32.1 Å². The van der Waals surface area contributed by atoms with E-state index in [4.69, 9.17) is 0 Å². The summed E-state index contributed by atoms with van der Waals surface area (Å²) in [6, 6.07) is 7.07. The van der Waals surface area contributed by atoms with Crippen molar-refractivity contribution in [1.29, 1.82) is 0 Å². The molecule has 1 aromatic rings. The Balaban J connectivity index is 2.10. The van der Waals surface area contributed by atoms with Crippen LogP contribution in [0.4, 0.5) is 0 Å². The van der Waals surface area contributed by atoms with Crippen LogP contribution in [0.25, 0.3) is 0 Å². The number of nitrogens with one attached hydrogen (secondary N) is 1. The predicted molar refractivity (Wildman–Crippen MR) is 76.4 cm³/mol. The van der Waals surface area contributed by atoms with Crippen molar-refractivity contribution in [2.24, 2.45) is 0 Å². The van der Waals surface area contributed by atoms with Gasteiger partial charge in [0.05, 0.1) is 4.90 Å². The fourth-order valence-electron chi connectivity index (χ4n) is 2.12. The molecule has 0 unspecified atom stereocenters. The average Bonchev–Trinajstić information content (AvgIpc) is 2.30.